The van der Waals surface area contributed by atoms with Crippen LogP contribution in [-0.4, -0.2) is 42.7 Å². The number of anilines is 2. The zero-order chi connectivity index (χ0) is 25.1. The molecule has 0 bridgehead atoms. The van der Waals surface area contributed by atoms with Gasteiger partial charge in [0, 0.05) is 31.7 Å². The van der Waals surface area contributed by atoms with Crippen molar-refractivity contribution in [3.8, 4) is 0 Å². The van der Waals surface area contributed by atoms with Gasteiger partial charge in [-0.1, -0.05) is 17.7 Å². The molecule has 10 heteroatoms. The van der Waals surface area contributed by atoms with Crippen LogP contribution in [0.2, 0.25) is 5.02 Å². The van der Waals surface area contributed by atoms with Gasteiger partial charge in [-0.2, -0.15) is 5.10 Å². The number of amides is 1. The molecular formula is C25H21ClF4N4O. The molecule has 0 spiro atoms. The number of hydrazone groups is 1. The van der Waals surface area contributed by atoms with Crippen LogP contribution >= 0.6 is 11.6 Å². The van der Waals surface area contributed by atoms with Gasteiger partial charge >= 0.3 is 0 Å². The van der Waals surface area contributed by atoms with E-state index in [1.165, 1.54) is 23.1 Å². The number of carbonyl (C=O) groups is 1. The molecule has 5 nitrogen and oxygen atoms in total. The summed E-state index contributed by atoms with van der Waals surface area (Å²) in [4.78, 5) is 16.0. The monoisotopic (exact) mass is 504 g/mol. The first kappa shape index (κ1) is 24.5. The normalized spacial score (nSPS) is 14.3. The molecule has 0 aliphatic carbocycles. The van der Waals surface area contributed by atoms with Crippen LogP contribution in [0.1, 0.15) is 22.8 Å². The van der Waals surface area contributed by atoms with E-state index in [1.54, 1.807) is 36.1 Å². The van der Waals surface area contributed by atoms with Crippen molar-refractivity contribution >= 4 is 34.6 Å². The maximum atomic E-state index is 14.9. The van der Waals surface area contributed by atoms with Crippen molar-refractivity contribution in [2.75, 3.05) is 36.5 Å². The zero-order valence-corrected chi connectivity index (χ0v) is 19.4. The molecule has 3 aromatic carbocycles. The third kappa shape index (κ3) is 5.57. The Hall–Kier alpha value is -3.59. The molecule has 1 amide bonds. The lowest BCUT2D eigenvalue weighted by atomic mass is 10.1. The molecule has 1 N–H and O–H groups in total. The summed E-state index contributed by atoms with van der Waals surface area (Å²) in [5, 5.41) is 4.05. The average Bonchev–Trinajstić information content (AvgIpc) is 2.85. The van der Waals surface area contributed by atoms with Gasteiger partial charge in [0.1, 0.15) is 11.6 Å². The first-order valence-corrected chi connectivity index (χ1v) is 11.2. The van der Waals surface area contributed by atoms with Crippen LogP contribution in [0.5, 0.6) is 0 Å². The number of halogens is 5. The number of hydrogen-bond acceptors (Lipinski definition) is 4. The fourth-order valence-corrected chi connectivity index (χ4v) is 3.96. The van der Waals surface area contributed by atoms with Crippen LogP contribution < -0.4 is 10.3 Å². The molecule has 1 saturated heterocycles. The van der Waals surface area contributed by atoms with Crippen LogP contribution in [-0.2, 0) is 0 Å². The fourth-order valence-electron chi connectivity index (χ4n) is 3.73. The van der Waals surface area contributed by atoms with E-state index in [1.807, 2.05) is 0 Å². The lowest BCUT2D eigenvalue weighted by Crippen LogP contribution is -2.49. The maximum absolute atomic E-state index is 14.9. The van der Waals surface area contributed by atoms with Crippen LogP contribution in [0.25, 0.3) is 0 Å². The summed E-state index contributed by atoms with van der Waals surface area (Å²) in [7, 11) is 0. The molecule has 1 fully saturated rings. The van der Waals surface area contributed by atoms with Crippen LogP contribution in [0.15, 0.2) is 59.7 Å². The second-order valence-corrected chi connectivity index (χ2v) is 8.41. The minimum atomic E-state index is -1.15. The van der Waals surface area contributed by atoms with Gasteiger partial charge in [0.15, 0.2) is 11.6 Å². The van der Waals surface area contributed by atoms with Gasteiger partial charge < -0.3 is 9.80 Å². The predicted octanol–water partition coefficient (Wildman–Crippen LogP) is 5.69. The Labute approximate surface area is 204 Å². The summed E-state index contributed by atoms with van der Waals surface area (Å²) in [6.07, 6.45) is 0. The molecule has 0 unspecified atom stereocenters. The van der Waals surface area contributed by atoms with Crippen molar-refractivity contribution in [3.63, 3.8) is 0 Å². The molecule has 1 aliphatic rings. The lowest BCUT2D eigenvalue weighted by Gasteiger charge is -2.36. The van der Waals surface area contributed by atoms with E-state index >= 15 is 0 Å². The maximum Gasteiger partial charge on any atom is 0.255 e. The average molecular weight is 505 g/mol. The van der Waals surface area contributed by atoms with Gasteiger partial charge in [-0.15, -0.1) is 0 Å². The Bertz CT molecular complexity index is 1280. The zero-order valence-electron chi connectivity index (χ0n) is 18.7. The van der Waals surface area contributed by atoms with Gasteiger partial charge in [0.2, 0.25) is 0 Å². The second-order valence-electron chi connectivity index (χ2n) is 8.01. The molecule has 4 rings (SSSR count). The first-order chi connectivity index (χ1) is 16.7. The summed E-state index contributed by atoms with van der Waals surface area (Å²) >= 11 is 5.92. The van der Waals surface area contributed by atoms with Gasteiger partial charge in [-0.3, -0.25) is 10.2 Å². The molecule has 182 valence electrons. The van der Waals surface area contributed by atoms with E-state index in [0.717, 1.165) is 12.1 Å². The highest BCUT2D eigenvalue weighted by Gasteiger charge is 2.26. The number of benzene rings is 3. The summed E-state index contributed by atoms with van der Waals surface area (Å²) in [6.45, 7) is 2.94. The van der Waals surface area contributed by atoms with Crippen molar-refractivity contribution in [2.45, 2.75) is 6.92 Å². The Balaban J connectivity index is 1.40. The van der Waals surface area contributed by atoms with E-state index in [4.69, 9.17) is 11.6 Å². The third-order valence-electron chi connectivity index (χ3n) is 5.71. The second kappa shape index (κ2) is 10.4. The van der Waals surface area contributed by atoms with E-state index in [0.29, 0.717) is 35.7 Å². The Morgan fingerprint density at radius 1 is 0.886 bits per heavy atom. The highest BCUT2D eigenvalue weighted by atomic mass is 35.5. The first-order valence-electron chi connectivity index (χ1n) is 10.8. The summed E-state index contributed by atoms with van der Waals surface area (Å²) in [5.74, 6) is -3.58. The number of nitrogens with zero attached hydrogens (tertiary/aromatic N) is 3. The molecule has 1 aliphatic heterocycles. The molecule has 3 aromatic rings. The highest BCUT2D eigenvalue weighted by molar-refractivity contribution is 6.33. The van der Waals surface area contributed by atoms with Crippen molar-refractivity contribution < 1.29 is 22.4 Å². The minimum Gasteiger partial charge on any atom is -0.366 e. The van der Waals surface area contributed by atoms with Gasteiger partial charge in [-0.25, -0.2) is 17.6 Å². The fraction of sp³-hybridized carbons (Fsp3) is 0.200. The van der Waals surface area contributed by atoms with Gasteiger partial charge in [0.05, 0.1) is 27.7 Å². The lowest BCUT2D eigenvalue weighted by molar-refractivity contribution is 0.0746. The third-order valence-corrected chi connectivity index (χ3v) is 6.02. The molecular weight excluding hydrogens is 484 g/mol. The largest absolute Gasteiger partial charge is 0.366 e. The molecule has 35 heavy (non-hydrogen) atoms. The van der Waals surface area contributed by atoms with Gasteiger partial charge in [-0.05, 0) is 55.5 Å². The smallest absolute Gasteiger partial charge is 0.255 e. The summed E-state index contributed by atoms with van der Waals surface area (Å²) < 4.78 is 54.8. The van der Waals surface area contributed by atoms with Crippen LogP contribution in [0, 0.1) is 23.3 Å². The van der Waals surface area contributed by atoms with Gasteiger partial charge in [0.25, 0.3) is 5.91 Å². The quantitative estimate of drug-likeness (QED) is 0.210. The molecule has 0 radical (unpaired) electrons. The number of carbonyl (C=O) groups excluding carboxylic acids is 1. The van der Waals surface area contributed by atoms with E-state index in [-0.39, 0.29) is 29.5 Å². The van der Waals surface area contributed by atoms with E-state index in [2.05, 4.69) is 10.5 Å². The van der Waals surface area contributed by atoms with Crippen molar-refractivity contribution in [1.82, 2.24) is 4.90 Å². The molecule has 0 aromatic heterocycles. The van der Waals surface area contributed by atoms with E-state index < -0.39 is 23.4 Å². The number of nitrogens with one attached hydrogen (secondary N) is 1. The standard InChI is InChI=1S/C25H21ClF4N4O/c1-15(31-32-18-5-3-17(27)4-6-18)16-2-7-24(23(30)12-16)33-8-10-34(11-9-33)25(35)19-13-21(28)22(29)14-20(19)26/h2-7,12-14,32H,8-11H2,1H3/b31-15-. The summed E-state index contributed by atoms with van der Waals surface area (Å²) in [6, 6.07) is 12.0. The topological polar surface area (TPSA) is 47.9 Å². The van der Waals surface area contributed by atoms with Crippen LogP contribution in [0.3, 0.4) is 0 Å². The number of piperazine rings is 1. The number of hydrogen-bond donors (Lipinski definition) is 1. The SMILES string of the molecule is C/C(=N/Nc1ccc(F)cc1)c1ccc(N2CCN(C(=O)c3cc(F)c(F)cc3Cl)CC2)c(F)c1. The Morgan fingerprint density at radius 2 is 1.54 bits per heavy atom. The Kier molecular flexibility index (Phi) is 7.25. The van der Waals surface area contributed by atoms with Crippen molar-refractivity contribution in [2.24, 2.45) is 5.10 Å². The minimum absolute atomic E-state index is 0.112. The van der Waals surface area contributed by atoms with Crippen molar-refractivity contribution in [3.05, 3.63) is 94.0 Å². The molecule has 0 atom stereocenters. The van der Waals surface area contributed by atoms with E-state index in [9.17, 15) is 22.4 Å². The Morgan fingerprint density at radius 3 is 2.20 bits per heavy atom. The predicted molar refractivity (Wildman–Crippen MR) is 128 cm³/mol. The molecule has 1 heterocycles. The van der Waals surface area contributed by atoms with Crippen LogP contribution in [0.4, 0.5) is 28.9 Å². The highest BCUT2D eigenvalue weighted by Crippen LogP contribution is 2.25. The summed E-state index contributed by atoms with van der Waals surface area (Å²) in [5.41, 5.74) is 4.78. The molecule has 0 saturated carbocycles. The van der Waals surface area contributed by atoms with Crippen molar-refractivity contribution in [1.29, 1.82) is 0 Å². The number of rotatable bonds is 5.